The van der Waals surface area contributed by atoms with Gasteiger partial charge < -0.3 is 33.8 Å². The third-order valence-electron chi connectivity index (χ3n) is 14.8. The number of hydrogen-bond acceptors (Lipinski definition) is 15. The first-order chi connectivity index (χ1) is 40.0. The molecule has 492 valence electrons. The van der Waals surface area contributed by atoms with Crippen molar-refractivity contribution in [3.63, 3.8) is 0 Å². The number of phosphoric acid groups is 2. The van der Waals surface area contributed by atoms with E-state index in [-0.39, 0.29) is 25.7 Å². The van der Waals surface area contributed by atoms with Crippen molar-refractivity contribution >= 4 is 39.5 Å². The van der Waals surface area contributed by atoms with E-state index in [1.165, 1.54) is 141 Å². The zero-order chi connectivity index (χ0) is 61.3. The Bertz CT molecular complexity index is 1620. The Morgan fingerprint density at radius 3 is 0.819 bits per heavy atom. The summed E-state index contributed by atoms with van der Waals surface area (Å²) in [4.78, 5) is 71.9. The summed E-state index contributed by atoms with van der Waals surface area (Å²) in [5.74, 6) is -1.40. The molecule has 0 amide bonds. The van der Waals surface area contributed by atoms with E-state index in [0.29, 0.717) is 25.7 Å². The van der Waals surface area contributed by atoms with Crippen LogP contribution in [0, 0.1) is 5.92 Å². The maximum atomic E-state index is 13.0. The van der Waals surface area contributed by atoms with Crippen LogP contribution in [0.3, 0.4) is 0 Å². The Hall–Kier alpha value is -1.94. The van der Waals surface area contributed by atoms with E-state index >= 15 is 0 Å². The maximum Gasteiger partial charge on any atom is 0.472 e. The number of rotatable bonds is 64. The smallest absolute Gasteiger partial charge is 0.462 e. The van der Waals surface area contributed by atoms with Crippen LogP contribution in [0.5, 0.6) is 0 Å². The van der Waals surface area contributed by atoms with Gasteiger partial charge in [-0.1, -0.05) is 272 Å². The molecule has 0 saturated carbocycles. The number of hydrogen-bond donors (Lipinski definition) is 3. The molecule has 0 aromatic rings. The molecule has 83 heavy (non-hydrogen) atoms. The number of carbonyl (C=O) groups is 4. The Kier molecular flexibility index (Phi) is 56.4. The van der Waals surface area contributed by atoms with Crippen LogP contribution in [0.25, 0.3) is 0 Å². The summed E-state index contributed by atoms with van der Waals surface area (Å²) in [6, 6.07) is 0. The number of ether oxygens (including phenoxy) is 4. The van der Waals surface area contributed by atoms with Crippen molar-refractivity contribution in [1.29, 1.82) is 0 Å². The zero-order valence-electron chi connectivity index (χ0n) is 53.3. The number of aliphatic hydroxyl groups is 1. The lowest BCUT2D eigenvalue weighted by Crippen LogP contribution is -2.30. The molecule has 0 aromatic heterocycles. The van der Waals surface area contributed by atoms with E-state index in [2.05, 4.69) is 34.6 Å². The average molecular weight is 1230 g/mol. The highest BCUT2D eigenvalue weighted by molar-refractivity contribution is 7.47. The molecule has 0 radical (unpaired) electrons. The van der Waals surface area contributed by atoms with Crippen molar-refractivity contribution in [2.24, 2.45) is 5.92 Å². The van der Waals surface area contributed by atoms with Crippen LogP contribution in [0.4, 0.5) is 0 Å². The van der Waals surface area contributed by atoms with Crippen molar-refractivity contribution < 1.29 is 80.2 Å². The highest BCUT2D eigenvalue weighted by Gasteiger charge is 2.30. The summed E-state index contributed by atoms with van der Waals surface area (Å²) in [5.41, 5.74) is 0. The van der Waals surface area contributed by atoms with Crippen molar-refractivity contribution in [2.45, 2.75) is 342 Å². The van der Waals surface area contributed by atoms with E-state index in [1.54, 1.807) is 0 Å². The molecule has 0 aromatic carbocycles. The van der Waals surface area contributed by atoms with Crippen LogP contribution in [0.15, 0.2) is 0 Å². The van der Waals surface area contributed by atoms with Gasteiger partial charge in [0.2, 0.25) is 0 Å². The van der Waals surface area contributed by atoms with Crippen molar-refractivity contribution in [3.05, 3.63) is 0 Å². The second kappa shape index (κ2) is 57.8. The van der Waals surface area contributed by atoms with Crippen LogP contribution in [0.2, 0.25) is 0 Å². The number of unbranched alkanes of at least 4 members (excludes halogenated alkanes) is 36. The highest BCUT2D eigenvalue weighted by Crippen LogP contribution is 2.45. The second-order valence-corrected chi connectivity index (χ2v) is 26.5. The quantitative estimate of drug-likeness (QED) is 0.0222. The molecule has 0 fully saturated rings. The standard InChI is InChI=1S/C64H124O17P2/c1-6-9-12-15-17-19-20-21-22-23-24-25-26-30-35-40-45-50-64(69)81-60(54-75-62(67)48-43-38-33-31-27-29-32-37-41-46-57(4)5)56-79-83(72,73)77-52-58(65)51-76-82(70,71)78-55-59(53-74-61(66)47-42-36-14-11-8-3)80-63(68)49-44-39-34-28-18-16-13-10-7-2/h57-60,65H,6-56H2,1-5H3,(H,70,71)(H,72,73)/t58-,59+,60+/m0/s1. The molecule has 0 spiro atoms. The van der Waals surface area contributed by atoms with Gasteiger partial charge >= 0.3 is 39.5 Å². The molecule has 0 aliphatic heterocycles. The normalized spacial score (nSPS) is 14.2. The molecular formula is C64H124O17P2. The summed E-state index contributed by atoms with van der Waals surface area (Å²) >= 11 is 0. The van der Waals surface area contributed by atoms with Gasteiger partial charge in [0.25, 0.3) is 0 Å². The lowest BCUT2D eigenvalue weighted by molar-refractivity contribution is -0.161. The Labute approximate surface area is 505 Å². The van der Waals surface area contributed by atoms with Crippen LogP contribution >= 0.6 is 15.6 Å². The van der Waals surface area contributed by atoms with Crippen LogP contribution in [0.1, 0.15) is 324 Å². The van der Waals surface area contributed by atoms with Gasteiger partial charge in [0.1, 0.15) is 19.3 Å². The molecule has 0 aliphatic rings. The Morgan fingerprint density at radius 2 is 0.554 bits per heavy atom. The first kappa shape index (κ1) is 81.1. The van der Waals surface area contributed by atoms with Crippen molar-refractivity contribution in [2.75, 3.05) is 39.6 Å². The number of carbonyl (C=O) groups excluding carboxylic acids is 4. The monoisotopic (exact) mass is 1230 g/mol. The Morgan fingerprint density at radius 1 is 0.325 bits per heavy atom. The lowest BCUT2D eigenvalue weighted by Gasteiger charge is -2.21. The van der Waals surface area contributed by atoms with Gasteiger partial charge in [0.15, 0.2) is 12.2 Å². The van der Waals surface area contributed by atoms with Gasteiger partial charge in [-0.2, -0.15) is 0 Å². The molecule has 3 N–H and O–H groups in total. The van der Waals surface area contributed by atoms with Crippen LogP contribution in [-0.2, 0) is 65.4 Å². The van der Waals surface area contributed by atoms with Crippen LogP contribution < -0.4 is 0 Å². The van der Waals surface area contributed by atoms with E-state index in [4.69, 9.17) is 37.0 Å². The maximum absolute atomic E-state index is 13.0. The minimum atomic E-state index is -4.94. The topological polar surface area (TPSA) is 237 Å². The summed E-state index contributed by atoms with van der Waals surface area (Å²) < 4.78 is 67.8. The van der Waals surface area contributed by atoms with Gasteiger partial charge in [0.05, 0.1) is 26.4 Å². The molecular weight excluding hydrogens is 1100 g/mol. The lowest BCUT2D eigenvalue weighted by atomic mass is 10.0. The average Bonchev–Trinajstić information content (AvgIpc) is 3.45. The van der Waals surface area contributed by atoms with Gasteiger partial charge in [-0.25, -0.2) is 9.13 Å². The van der Waals surface area contributed by atoms with Gasteiger partial charge in [0, 0.05) is 25.7 Å². The molecule has 5 atom stereocenters. The third-order valence-corrected chi connectivity index (χ3v) is 16.7. The summed E-state index contributed by atoms with van der Waals surface area (Å²) in [6.45, 7) is 7.08. The molecule has 0 heterocycles. The molecule has 0 rings (SSSR count). The fourth-order valence-electron chi connectivity index (χ4n) is 9.58. The SMILES string of the molecule is CCCCCCCCCCCCCCCCCCCC(=O)O[C@H](COC(=O)CCCCCCCCCCCC(C)C)COP(=O)(O)OC[C@@H](O)COP(=O)(O)OC[C@@H](COC(=O)CCCCCCC)OC(=O)CCCCCCCCCCC. The first-order valence-corrected chi connectivity index (χ1v) is 36.6. The van der Waals surface area contributed by atoms with Crippen LogP contribution in [-0.4, -0.2) is 96.7 Å². The molecule has 0 aliphatic carbocycles. The Balaban J connectivity index is 5.15. The van der Waals surface area contributed by atoms with Crippen molar-refractivity contribution in [1.82, 2.24) is 0 Å². The van der Waals surface area contributed by atoms with Gasteiger partial charge in [-0.15, -0.1) is 0 Å². The molecule has 0 saturated heterocycles. The largest absolute Gasteiger partial charge is 0.472 e. The fraction of sp³-hybridized carbons (Fsp3) is 0.938. The molecule has 0 bridgehead atoms. The van der Waals surface area contributed by atoms with E-state index in [0.717, 1.165) is 102 Å². The van der Waals surface area contributed by atoms with Crippen molar-refractivity contribution in [3.8, 4) is 0 Å². The summed E-state index contributed by atoms with van der Waals surface area (Å²) in [7, 11) is -9.87. The van der Waals surface area contributed by atoms with Gasteiger partial charge in [-0.05, 0) is 31.6 Å². The number of phosphoric ester groups is 2. The fourth-order valence-corrected chi connectivity index (χ4v) is 11.2. The van der Waals surface area contributed by atoms with E-state index < -0.39 is 97.5 Å². The third kappa shape index (κ3) is 58.8. The van der Waals surface area contributed by atoms with E-state index in [9.17, 15) is 43.2 Å². The first-order valence-electron chi connectivity index (χ1n) is 33.6. The molecule has 2 unspecified atom stereocenters. The summed E-state index contributed by atoms with van der Waals surface area (Å²) in [5, 5.41) is 10.5. The zero-order valence-corrected chi connectivity index (χ0v) is 55.1. The number of esters is 4. The van der Waals surface area contributed by atoms with E-state index in [1.807, 2.05) is 0 Å². The molecule has 17 nitrogen and oxygen atoms in total. The summed E-state index contributed by atoms with van der Waals surface area (Å²) in [6.07, 6.45) is 42.1. The predicted molar refractivity (Wildman–Crippen MR) is 331 cm³/mol. The predicted octanol–water partition coefficient (Wildman–Crippen LogP) is 17.8. The minimum Gasteiger partial charge on any atom is -0.462 e. The molecule has 19 heteroatoms. The minimum absolute atomic E-state index is 0.105. The highest BCUT2D eigenvalue weighted by atomic mass is 31.2. The second-order valence-electron chi connectivity index (χ2n) is 23.6. The number of aliphatic hydroxyl groups excluding tert-OH is 1. The van der Waals surface area contributed by atoms with Gasteiger partial charge in [-0.3, -0.25) is 37.3 Å².